The zero-order valence-electron chi connectivity index (χ0n) is 11.0. The Morgan fingerprint density at radius 3 is 2.06 bits per heavy atom. The second kappa shape index (κ2) is 7.14. The SMILES string of the molecule is C[CH2][Pb]([CH2]C)([CH2]C)[O]C(=O)Cc1ccccc1. The van der Waals surface area contributed by atoms with Crippen molar-refractivity contribution in [2.45, 2.75) is 39.1 Å². The van der Waals surface area contributed by atoms with Crippen molar-refractivity contribution in [3.05, 3.63) is 35.9 Å². The fourth-order valence-corrected chi connectivity index (χ4v) is 11.7. The molecule has 0 atom stereocenters. The summed E-state index contributed by atoms with van der Waals surface area (Å²) in [5.74, 6) is -0.0246. The summed E-state index contributed by atoms with van der Waals surface area (Å²) in [5.41, 5.74) is 1.04. The minimum atomic E-state index is -2.69. The summed E-state index contributed by atoms with van der Waals surface area (Å²) >= 11 is -2.69. The third-order valence-corrected chi connectivity index (χ3v) is 21.1. The van der Waals surface area contributed by atoms with Gasteiger partial charge in [-0.2, -0.15) is 0 Å². The first-order valence-corrected chi connectivity index (χ1v) is 16.2. The molecule has 0 unspecified atom stereocenters. The summed E-state index contributed by atoms with van der Waals surface area (Å²) in [6.45, 7) is 6.51. The quantitative estimate of drug-likeness (QED) is 0.644. The Hall–Kier alpha value is -0.388. The summed E-state index contributed by atoms with van der Waals surface area (Å²) < 4.78 is 9.17. The Bertz CT molecular complexity index is 336. The first kappa shape index (κ1) is 14.7. The second-order valence-corrected chi connectivity index (χ2v) is 22.6. The predicted octanol–water partition coefficient (Wildman–Crippen LogP) is 3.78. The van der Waals surface area contributed by atoms with Gasteiger partial charge in [-0.3, -0.25) is 0 Å². The van der Waals surface area contributed by atoms with Crippen molar-refractivity contribution in [3.63, 3.8) is 0 Å². The van der Waals surface area contributed by atoms with Crippen LogP contribution in [0.2, 0.25) is 11.9 Å². The van der Waals surface area contributed by atoms with Crippen molar-refractivity contribution in [3.8, 4) is 0 Å². The van der Waals surface area contributed by atoms with Crippen LogP contribution in [0.15, 0.2) is 30.3 Å². The number of carbonyl (C=O) groups is 1. The van der Waals surface area contributed by atoms with Gasteiger partial charge in [0.15, 0.2) is 0 Å². The van der Waals surface area contributed by atoms with E-state index in [-0.39, 0.29) is 5.97 Å². The van der Waals surface area contributed by atoms with Gasteiger partial charge in [0, 0.05) is 0 Å². The molecule has 3 heteroatoms. The molecule has 0 radical (unpaired) electrons. The Balaban J connectivity index is 2.60. The number of hydrogen-bond acceptors (Lipinski definition) is 2. The number of carbonyl (C=O) groups excluding carboxylic acids is 1. The van der Waals surface area contributed by atoms with E-state index in [1.54, 1.807) is 0 Å². The van der Waals surface area contributed by atoms with E-state index in [0.29, 0.717) is 6.42 Å². The maximum atomic E-state index is 11.9. The average molecular weight is 430 g/mol. The Kier molecular flexibility index (Phi) is 6.16. The summed E-state index contributed by atoms with van der Waals surface area (Å²) in [7, 11) is 0. The van der Waals surface area contributed by atoms with Gasteiger partial charge < -0.3 is 0 Å². The van der Waals surface area contributed by atoms with E-state index in [1.807, 2.05) is 30.3 Å². The Labute approximate surface area is 110 Å². The van der Waals surface area contributed by atoms with Crippen LogP contribution in [-0.2, 0) is 13.9 Å². The summed E-state index contributed by atoms with van der Waals surface area (Å²) in [5, 5.41) is 0. The van der Waals surface area contributed by atoms with Crippen molar-refractivity contribution in [1.82, 2.24) is 0 Å². The molecule has 0 spiro atoms. The van der Waals surface area contributed by atoms with Crippen LogP contribution in [0.4, 0.5) is 0 Å². The topological polar surface area (TPSA) is 26.3 Å². The molecular weight excluding hydrogens is 407 g/mol. The van der Waals surface area contributed by atoms with Crippen molar-refractivity contribution < 1.29 is 7.48 Å². The fourth-order valence-electron chi connectivity index (χ4n) is 2.01. The van der Waals surface area contributed by atoms with E-state index in [4.69, 9.17) is 2.69 Å². The molecule has 94 valence electrons. The molecule has 0 aliphatic rings. The molecule has 1 aromatic rings. The standard InChI is InChI=1S/C8H8O2.3C2H5.Pb/c9-8(10)6-7-4-2-1-3-5-7;3*1-2;/h1-5H,6H2,(H,9,10);3*1H2,2H3;/q;;;;+1/p-1. The molecule has 0 saturated carbocycles. The zero-order valence-corrected chi connectivity index (χ0v) is 14.9. The summed E-state index contributed by atoms with van der Waals surface area (Å²) in [6.07, 6.45) is 0.419. The van der Waals surface area contributed by atoms with E-state index in [2.05, 4.69) is 20.8 Å². The van der Waals surface area contributed by atoms with Crippen LogP contribution in [0.1, 0.15) is 26.3 Å². The van der Waals surface area contributed by atoms with Crippen molar-refractivity contribution >= 4 is 27.6 Å². The molecule has 0 saturated heterocycles. The molecular formula is C14H22O2Pb. The van der Waals surface area contributed by atoms with Gasteiger partial charge in [0.2, 0.25) is 0 Å². The third-order valence-electron chi connectivity index (χ3n) is 3.45. The van der Waals surface area contributed by atoms with Crippen LogP contribution < -0.4 is 0 Å². The van der Waals surface area contributed by atoms with Gasteiger partial charge in [-0.25, -0.2) is 0 Å². The van der Waals surface area contributed by atoms with E-state index in [1.165, 1.54) is 0 Å². The molecule has 0 aromatic heterocycles. The molecule has 17 heavy (non-hydrogen) atoms. The van der Waals surface area contributed by atoms with Crippen LogP contribution in [0.25, 0.3) is 0 Å². The maximum absolute atomic E-state index is 11.9. The van der Waals surface area contributed by atoms with Gasteiger partial charge in [0.1, 0.15) is 0 Å². The number of benzene rings is 1. The van der Waals surface area contributed by atoms with Crippen LogP contribution in [0, 0.1) is 0 Å². The van der Waals surface area contributed by atoms with Crippen molar-refractivity contribution in [2.75, 3.05) is 0 Å². The van der Waals surface area contributed by atoms with Crippen molar-refractivity contribution in [1.29, 1.82) is 0 Å². The normalized spacial score (nSPS) is 11.2. The fraction of sp³-hybridized carbons (Fsp3) is 0.500. The van der Waals surface area contributed by atoms with Gasteiger partial charge in [-0.15, -0.1) is 0 Å². The van der Waals surface area contributed by atoms with Crippen molar-refractivity contribution in [2.24, 2.45) is 0 Å². The predicted molar refractivity (Wildman–Crippen MR) is 73.4 cm³/mol. The van der Waals surface area contributed by atoms with E-state index in [0.717, 1.165) is 17.5 Å². The molecule has 1 rings (SSSR count). The molecule has 0 fully saturated rings. The third kappa shape index (κ3) is 4.41. The molecule has 0 bridgehead atoms. The van der Waals surface area contributed by atoms with Crippen LogP contribution >= 0.6 is 0 Å². The molecule has 2 nitrogen and oxygen atoms in total. The van der Waals surface area contributed by atoms with Gasteiger partial charge in [0.25, 0.3) is 0 Å². The molecule has 0 aliphatic carbocycles. The number of hydrogen-bond donors (Lipinski definition) is 0. The summed E-state index contributed by atoms with van der Waals surface area (Å²) in [4.78, 5) is 11.9. The molecule has 0 aliphatic heterocycles. The zero-order chi connectivity index (χ0) is 12.7. The van der Waals surface area contributed by atoms with Gasteiger partial charge in [-0.05, 0) is 0 Å². The Morgan fingerprint density at radius 2 is 1.59 bits per heavy atom. The molecule has 0 N–H and O–H groups in total. The Morgan fingerprint density at radius 1 is 1.06 bits per heavy atom. The monoisotopic (exact) mass is 430 g/mol. The van der Waals surface area contributed by atoms with E-state index < -0.39 is 21.6 Å². The van der Waals surface area contributed by atoms with E-state index >= 15 is 0 Å². The van der Waals surface area contributed by atoms with Gasteiger partial charge >= 0.3 is 110 Å². The van der Waals surface area contributed by atoms with E-state index in [9.17, 15) is 4.79 Å². The molecule has 1 aromatic carbocycles. The van der Waals surface area contributed by atoms with Gasteiger partial charge in [0.05, 0.1) is 0 Å². The number of rotatable bonds is 6. The van der Waals surface area contributed by atoms with Crippen LogP contribution in [-0.4, -0.2) is 27.6 Å². The van der Waals surface area contributed by atoms with Crippen LogP contribution in [0.5, 0.6) is 0 Å². The second-order valence-electron chi connectivity index (χ2n) is 4.38. The first-order valence-electron chi connectivity index (χ1n) is 6.41. The minimum absolute atomic E-state index is 0.0246. The average Bonchev–Trinajstić information content (AvgIpc) is 2.37. The van der Waals surface area contributed by atoms with Crippen LogP contribution in [0.3, 0.4) is 0 Å². The van der Waals surface area contributed by atoms with Gasteiger partial charge in [-0.1, -0.05) is 0 Å². The first-order chi connectivity index (χ1) is 8.15. The molecule has 0 amide bonds. The molecule has 0 heterocycles. The summed E-state index contributed by atoms with van der Waals surface area (Å²) in [6, 6.07) is 9.83.